The number of aromatic nitrogens is 1. The molecule has 0 unspecified atom stereocenters. The van der Waals surface area contributed by atoms with Crippen LogP contribution in [0.2, 0.25) is 13.1 Å². The number of para-hydroxylation sites is 2. The molecule has 0 fully saturated rings. The van der Waals surface area contributed by atoms with E-state index < -0.39 is 8.07 Å². The second kappa shape index (κ2) is 14.7. The number of hydrogen-bond acceptors (Lipinski definition) is 2. The molecule has 9 aromatic carbocycles. The predicted octanol–water partition coefficient (Wildman–Crippen LogP) is 14.5. The fraction of sp³-hybridized carbons (Fsp3) is 0.0351. The smallest absolute Gasteiger partial charge is 0.137 e. The van der Waals surface area contributed by atoms with Crippen LogP contribution in [0.3, 0.4) is 0 Å². The molecular formula is C57H41FN2Si. The second-order valence-electron chi connectivity index (χ2n) is 16.5. The zero-order valence-electron chi connectivity index (χ0n) is 34.0. The summed E-state index contributed by atoms with van der Waals surface area (Å²) in [5, 5.41) is 9.21. The van der Waals surface area contributed by atoms with Crippen molar-refractivity contribution < 1.29 is 4.39 Å². The molecule has 0 spiro atoms. The van der Waals surface area contributed by atoms with E-state index in [-0.39, 0.29) is 5.82 Å². The Kier molecular flexibility index (Phi) is 8.83. The lowest BCUT2D eigenvalue weighted by Gasteiger charge is -2.24. The third kappa shape index (κ3) is 6.18. The Bertz CT molecular complexity index is 3240. The Balaban J connectivity index is 0.947. The maximum Gasteiger partial charge on any atom is 0.137 e. The Hall–Kier alpha value is -7.40. The molecule has 10 aromatic rings. The van der Waals surface area contributed by atoms with Gasteiger partial charge in [-0.05, 0) is 124 Å². The number of benzene rings is 9. The summed E-state index contributed by atoms with van der Waals surface area (Å²) in [6.45, 7) is 4.98. The van der Waals surface area contributed by atoms with E-state index in [2.05, 4.69) is 176 Å². The molecule has 0 amide bonds. The van der Waals surface area contributed by atoms with Gasteiger partial charge in [-0.1, -0.05) is 177 Å². The van der Waals surface area contributed by atoms with Crippen molar-refractivity contribution in [1.29, 1.82) is 0 Å². The molecule has 4 heteroatoms. The summed E-state index contributed by atoms with van der Waals surface area (Å²) in [4.78, 5) is 7.11. The van der Waals surface area contributed by atoms with Crippen LogP contribution in [-0.4, -0.2) is 13.1 Å². The Morgan fingerprint density at radius 3 is 1.54 bits per heavy atom. The van der Waals surface area contributed by atoms with Crippen LogP contribution >= 0.6 is 0 Å². The minimum absolute atomic E-state index is 0.198. The molecule has 1 aliphatic rings. The van der Waals surface area contributed by atoms with E-state index in [1.165, 1.54) is 59.7 Å². The summed E-state index contributed by atoms with van der Waals surface area (Å²) in [7, 11) is -2.09. The Labute approximate surface area is 356 Å². The second-order valence-corrected chi connectivity index (χ2v) is 20.8. The summed E-state index contributed by atoms with van der Waals surface area (Å²) in [6, 6.07) is 68.0. The molecule has 0 aliphatic carbocycles. The predicted molar refractivity (Wildman–Crippen MR) is 260 cm³/mol. The maximum atomic E-state index is 15.1. The van der Waals surface area contributed by atoms with Crippen molar-refractivity contribution in [3.63, 3.8) is 0 Å². The van der Waals surface area contributed by atoms with Crippen molar-refractivity contribution in [2.24, 2.45) is 0 Å². The molecule has 1 aromatic heterocycles. The number of rotatable bonds is 7. The monoisotopic (exact) mass is 800 g/mol. The van der Waals surface area contributed by atoms with Gasteiger partial charge < -0.3 is 0 Å². The van der Waals surface area contributed by atoms with Gasteiger partial charge in [0.05, 0.1) is 0 Å². The van der Waals surface area contributed by atoms with Crippen molar-refractivity contribution in [3.05, 3.63) is 217 Å². The fourth-order valence-corrected chi connectivity index (χ4v) is 12.7. The molecule has 0 radical (unpaired) electrons. The van der Waals surface area contributed by atoms with Gasteiger partial charge in [0.15, 0.2) is 0 Å². The van der Waals surface area contributed by atoms with Gasteiger partial charge in [0.25, 0.3) is 0 Å². The molecule has 1 aliphatic heterocycles. The van der Waals surface area contributed by atoms with Crippen molar-refractivity contribution in [2.45, 2.75) is 13.1 Å². The van der Waals surface area contributed by atoms with Crippen molar-refractivity contribution in [3.8, 4) is 33.4 Å². The third-order valence-electron chi connectivity index (χ3n) is 12.6. The third-order valence-corrected chi connectivity index (χ3v) is 16.1. The Morgan fingerprint density at radius 1 is 0.443 bits per heavy atom. The zero-order chi connectivity index (χ0) is 41.1. The van der Waals surface area contributed by atoms with E-state index in [0.717, 1.165) is 39.3 Å². The van der Waals surface area contributed by atoms with Gasteiger partial charge in [-0.2, -0.15) is 0 Å². The lowest BCUT2D eigenvalue weighted by molar-refractivity contribution is 0.640. The molecule has 290 valence electrons. The molecule has 2 nitrogen and oxygen atoms in total. The van der Waals surface area contributed by atoms with Gasteiger partial charge in [-0.15, -0.1) is 0 Å². The van der Waals surface area contributed by atoms with Gasteiger partial charge in [-0.3, -0.25) is 4.90 Å². The first-order valence-electron chi connectivity index (χ1n) is 20.9. The minimum Gasteiger partial charge on any atom is -0.295 e. The normalized spacial score (nSPS) is 12.9. The lowest BCUT2D eigenvalue weighted by Crippen LogP contribution is -2.49. The van der Waals surface area contributed by atoms with Gasteiger partial charge in [0, 0.05) is 23.0 Å². The van der Waals surface area contributed by atoms with E-state index >= 15 is 4.39 Å². The maximum absolute atomic E-state index is 15.1. The van der Waals surface area contributed by atoms with E-state index in [4.69, 9.17) is 4.98 Å². The summed E-state index contributed by atoms with van der Waals surface area (Å²) >= 11 is 0. The van der Waals surface area contributed by atoms with Gasteiger partial charge in [0.1, 0.15) is 19.7 Å². The van der Waals surface area contributed by atoms with E-state index in [9.17, 15) is 0 Å². The molecule has 0 N–H and O–H groups in total. The molecule has 0 bridgehead atoms. The van der Waals surface area contributed by atoms with E-state index in [0.29, 0.717) is 5.39 Å². The number of fused-ring (bicyclic) bond motifs is 6. The first kappa shape index (κ1) is 36.7. The van der Waals surface area contributed by atoms with Crippen LogP contribution < -0.4 is 15.3 Å². The summed E-state index contributed by atoms with van der Waals surface area (Å²) in [5.41, 5.74) is 11.7. The van der Waals surface area contributed by atoms with Crippen LogP contribution in [0.5, 0.6) is 0 Å². The van der Waals surface area contributed by atoms with Crippen molar-refractivity contribution in [1.82, 2.24) is 4.98 Å². The summed E-state index contributed by atoms with van der Waals surface area (Å²) in [6.07, 6.45) is 6.33. The highest BCUT2D eigenvalue weighted by atomic mass is 28.3. The lowest BCUT2D eigenvalue weighted by atomic mass is 9.84. The molecule has 0 saturated heterocycles. The van der Waals surface area contributed by atoms with Crippen LogP contribution in [0, 0.1) is 5.82 Å². The van der Waals surface area contributed by atoms with Gasteiger partial charge >= 0.3 is 0 Å². The summed E-state index contributed by atoms with van der Waals surface area (Å²) < 4.78 is 15.1. The van der Waals surface area contributed by atoms with Crippen molar-refractivity contribution in [2.75, 3.05) is 4.90 Å². The minimum atomic E-state index is -2.09. The number of nitrogens with zero attached hydrogens (tertiary/aromatic N) is 2. The average Bonchev–Trinajstić information content (AvgIpc) is 3.53. The highest BCUT2D eigenvalue weighted by Crippen LogP contribution is 2.46. The topological polar surface area (TPSA) is 16.1 Å². The zero-order valence-corrected chi connectivity index (χ0v) is 35.0. The van der Waals surface area contributed by atoms with Crippen LogP contribution in [0.15, 0.2) is 200 Å². The molecule has 11 rings (SSSR count). The van der Waals surface area contributed by atoms with Crippen LogP contribution in [0.1, 0.15) is 11.1 Å². The average molecular weight is 801 g/mol. The molecule has 0 atom stereocenters. The first-order valence-corrected chi connectivity index (χ1v) is 23.9. The number of pyridine rings is 1. The standard InChI is InChI=1S/C57H41FN2Si/c1-61(2)53-35-38(25-26-39-28-34-55(59-37-39)60(41-15-5-3-6-16-41)42-17-7-4-8-18-42)27-30-45(53)46-31-29-40(36-54(46)61)56-47-21-11-13-23-49(47)57(50-24-14-12-22-48(50)56)51-32-33-52(58)44-20-10-9-19-43(44)51/h3-37H,1-2H3. The first-order chi connectivity index (χ1) is 29.9. The quantitative estimate of drug-likeness (QED) is 0.118. The van der Waals surface area contributed by atoms with E-state index in [1.807, 2.05) is 48.7 Å². The van der Waals surface area contributed by atoms with Gasteiger partial charge in [-0.25, -0.2) is 9.37 Å². The van der Waals surface area contributed by atoms with Crippen molar-refractivity contribution >= 4 is 80.1 Å². The molecule has 0 saturated carbocycles. The fourth-order valence-electron chi connectivity index (χ4n) is 9.61. The highest BCUT2D eigenvalue weighted by Gasteiger charge is 2.38. The van der Waals surface area contributed by atoms with Crippen LogP contribution in [-0.2, 0) is 0 Å². The number of halogens is 1. The Morgan fingerprint density at radius 2 is 0.934 bits per heavy atom. The SMILES string of the molecule is C[Si]1(C)c2cc(C=Cc3ccc(N(c4ccccc4)c4ccccc4)nc3)ccc2-c2ccc(-c3c4ccccc4c(-c4ccc(F)c5ccccc45)c4ccccc34)cc21. The largest absolute Gasteiger partial charge is 0.295 e. The summed E-state index contributed by atoms with van der Waals surface area (Å²) in [5.74, 6) is 0.673. The highest BCUT2D eigenvalue weighted by molar-refractivity contribution is 7.03. The molecule has 61 heavy (non-hydrogen) atoms. The molecular weight excluding hydrogens is 760 g/mol. The van der Waals surface area contributed by atoms with Crippen LogP contribution in [0.25, 0.3) is 77.9 Å². The van der Waals surface area contributed by atoms with Gasteiger partial charge in [0.2, 0.25) is 0 Å². The van der Waals surface area contributed by atoms with Crippen LogP contribution in [0.4, 0.5) is 21.6 Å². The number of anilines is 3. The number of hydrogen-bond donors (Lipinski definition) is 0. The molecule has 2 heterocycles. The van der Waals surface area contributed by atoms with E-state index in [1.54, 1.807) is 6.07 Å².